The van der Waals surface area contributed by atoms with Crippen molar-refractivity contribution in [3.63, 3.8) is 0 Å². The molecule has 41 heavy (non-hydrogen) atoms. The second kappa shape index (κ2) is 8.97. The maximum absolute atomic E-state index is 2.43. The highest BCUT2D eigenvalue weighted by Crippen LogP contribution is 2.52. The van der Waals surface area contributed by atoms with Crippen molar-refractivity contribution in [2.45, 2.75) is 19.3 Å². The van der Waals surface area contributed by atoms with Crippen molar-refractivity contribution in [3.05, 3.63) is 157 Å². The SMILES string of the molecule is CC1(C)c2ccccc2N(c2ccccc2)c2ccc(-n3c4ccccc4c4cc(-c5ccccc5)ccc43)cc21. The lowest BCUT2D eigenvalue weighted by Gasteiger charge is -2.42. The number of hydrogen-bond donors (Lipinski definition) is 0. The lowest BCUT2D eigenvalue weighted by Crippen LogP contribution is -2.30. The van der Waals surface area contributed by atoms with Crippen LogP contribution in [-0.4, -0.2) is 4.57 Å². The predicted molar refractivity (Wildman–Crippen MR) is 173 cm³/mol. The molecule has 6 aromatic carbocycles. The van der Waals surface area contributed by atoms with Crippen LogP contribution < -0.4 is 4.90 Å². The van der Waals surface area contributed by atoms with Gasteiger partial charge in [0.15, 0.2) is 0 Å². The van der Waals surface area contributed by atoms with Crippen LogP contribution in [0.1, 0.15) is 25.0 Å². The highest BCUT2D eigenvalue weighted by Gasteiger charge is 2.37. The first-order valence-corrected chi connectivity index (χ1v) is 14.3. The van der Waals surface area contributed by atoms with Gasteiger partial charge in [0.2, 0.25) is 0 Å². The monoisotopic (exact) mass is 526 g/mol. The highest BCUT2D eigenvalue weighted by atomic mass is 15.2. The number of aromatic nitrogens is 1. The molecule has 0 spiro atoms. The molecule has 0 aliphatic carbocycles. The summed E-state index contributed by atoms with van der Waals surface area (Å²) in [6.07, 6.45) is 0. The molecule has 8 rings (SSSR count). The van der Waals surface area contributed by atoms with E-state index in [1.807, 2.05) is 0 Å². The summed E-state index contributed by atoms with van der Waals surface area (Å²) in [7, 11) is 0. The lowest BCUT2D eigenvalue weighted by molar-refractivity contribution is 0.631. The number of para-hydroxylation sites is 3. The van der Waals surface area contributed by atoms with E-state index in [9.17, 15) is 0 Å². The summed E-state index contributed by atoms with van der Waals surface area (Å²) in [6.45, 7) is 4.71. The molecular weight excluding hydrogens is 496 g/mol. The van der Waals surface area contributed by atoms with E-state index in [0.717, 1.165) is 0 Å². The molecule has 0 atom stereocenters. The average Bonchev–Trinajstić information content (AvgIpc) is 3.36. The van der Waals surface area contributed by atoms with Gasteiger partial charge in [0.1, 0.15) is 0 Å². The van der Waals surface area contributed by atoms with Crippen LogP contribution in [0, 0.1) is 0 Å². The fourth-order valence-corrected chi connectivity index (χ4v) is 6.75. The van der Waals surface area contributed by atoms with E-state index in [-0.39, 0.29) is 5.41 Å². The van der Waals surface area contributed by atoms with Gasteiger partial charge < -0.3 is 9.47 Å². The molecule has 0 amide bonds. The first-order valence-electron chi connectivity index (χ1n) is 14.3. The van der Waals surface area contributed by atoms with Gasteiger partial charge in [-0.15, -0.1) is 0 Å². The van der Waals surface area contributed by atoms with Gasteiger partial charge in [-0.1, -0.05) is 105 Å². The number of benzene rings is 6. The number of nitrogens with zero attached hydrogens (tertiary/aromatic N) is 2. The van der Waals surface area contributed by atoms with Gasteiger partial charge in [-0.25, -0.2) is 0 Å². The van der Waals surface area contributed by atoms with E-state index in [1.54, 1.807) is 0 Å². The Balaban J connectivity index is 1.37. The van der Waals surface area contributed by atoms with Crippen LogP contribution in [0.2, 0.25) is 0 Å². The number of hydrogen-bond acceptors (Lipinski definition) is 1. The summed E-state index contributed by atoms with van der Waals surface area (Å²) in [5.41, 5.74) is 12.3. The van der Waals surface area contributed by atoms with Gasteiger partial charge in [-0.2, -0.15) is 0 Å². The quantitative estimate of drug-likeness (QED) is 0.222. The van der Waals surface area contributed by atoms with Crippen molar-refractivity contribution in [2.75, 3.05) is 4.90 Å². The molecule has 0 unspecified atom stereocenters. The zero-order valence-corrected chi connectivity index (χ0v) is 23.3. The standard InChI is InChI=1S/C39H30N2/c1-39(2)33-18-10-12-20-37(33)40(29-15-7-4-8-16-29)38-24-22-30(26-34(38)39)41-35-19-11-9-17-31(35)32-25-28(21-23-36(32)41)27-13-5-3-6-14-27/h3-26H,1-2H3. The van der Waals surface area contributed by atoms with Gasteiger partial charge in [0, 0.05) is 27.6 Å². The summed E-state index contributed by atoms with van der Waals surface area (Å²) >= 11 is 0. The molecule has 2 heteroatoms. The Labute approximate surface area is 240 Å². The molecule has 2 nitrogen and oxygen atoms in total. The summed E-state index contributed by atoms with van der Waals surface area (Å²) in [5.74, 6) is 0. The van der Waals surface area contributed by atoms with E-state index >= 15 is 0 Å². The number of fused-ring (bicyclic) bond motifs is 5. The lowest BCUT2D eigenvalue weighted by atomic mass is 9.73. The van der Waals surface area contributed by atoms with Gasteiger partial charge in [-0.05, 0) is 76.9 Å². The van der Waals surface area contributed by atoms with E-state index < -0.39 is 0 Å². The van der Waals surface area contributed by atoms with Crippen LogP contribution in [0.15, 0.2) is 146 Å². The molecule has 0 saturated carbocycles. The maximum atomic E-state index is 2.43. The Hall–Kier alpha value is -5.08. The Morgan fingerprint density at radius 1 is 0.439 bits per heavy atom. The molecule has 1 aliphatic rings. The molecule has 0 bridgehead atoms. The van der Waals surface area contributed by atoms with Crippen molar-refractivity contribution < 1.29 is 0 Å². The van der Waals surface area contributed by atoms with Crippen molar-refractivity contribution in [1.29, 1.82) is 0 Å². The Morgan fingerprint density at radius 2 is 1.10 bits per heavy atom. The van der Waals surface area contributed by atoms with E-state index in [4.69, 9.17) is 0 Å². The molecule has 0 fully saturated rings. The first kappa shape index (κ1) is 23.8. The third kappa shape index (κ3) is 3.57. The topological polar surface area (TPSA) is 8.17 Å². The molecule has 7 aromatic rings. The minimum atomic E-state index is -0.160. The molecule has 1 aromatic heterocycles. The predicted octanol–water partition coefficient (Wildman–Crippen LogP) is 10.6. The highest BCUT2D eigenvalue weighted by molar-refractivity contribution is 6.10. The van der Waals surface area contributed by atoms with Crippen molar-refractivity contribution in [3.8, 4) is 16.8 Å². The Morgan fingerprint density at radius 3 is 1.93 bits per heavy atom. The van der Waals surface area contributed by atoms with Crippen LogP contribution in [-0.2, 0) is 5.41 Å². The fourth-order valence-electron chi connectivity index (χ4n) is 6.75. The third-order valence-corrected chi connectivity index (χ3v) is 8.76. The number of anilines is 3. The third-order valence-electron chi connectivity index (χ3n) is 8.76. The molecule has 0 N–H and O–H groups in total. The minimum Gasteiger partial charge on any atom is -0.310 e. The smallest absolute Gasteiger partial charge is 0.0541 e. The zero-order valence-electron chi connectivity index (χ0n) is 23.3. The Bertz CT molecular complexity index is 2070. The van der Waals surface area contributed by atoms with Gasteiger partial charge >= 0.3 is 0 Å². The molecule has 0 radical (unpaired) electrons. The van der Waals surface area contributed by atoms with E-state index in [0.29, 0.717) is 0 Å². The summed E-state index contributed by atoms with van der Waals surface area (Å²) in [6, 6.07) is 52.9. The summed E-state index contributed by atoms with van der Waals surface area (Å²) < 4.78 is 2.43. The largest absolute Gasteiger partial charge is 0.310 e. The average molecular weight is 527 g/mol. The van der Waals surface area contributed by atoms with Crippen LogP contribution in [0.3, 0.4) is 0 Å². The van der Waals surface area contributed by atoms with Crippen LogP contribution in [0.4, 0.5) is 17.1 Å². The fraction of sp³-hybridized carbons (Fsp3) is 0.0769. The normalized spacial score (nSPS) is 13.8. The van der Waals surface area contributed by atoms with Crippen LogP contribution >= 0.6 is 0 Å². The van der Waals surface area contributed by atoms with Crippen molar-refractivity contribution in [1.82, 2.24) is 4.57 Å². The molecule has 196 valence electrons. The number of rotatable bonds is 3. The van der Waals surface area contributed by atoms with Crippen molar-refractivity contribution >= 4 is 38.9 Å². The van der Waals surface area contributed by atoms with Gasteiger partial charge in [0.05, 0.1) is 22.4 Å². The van der Waals surface area contributed by atoms with Crippen LogP contribution in [0.5, 0.6) is 0 Å². The minimum absolute atomic E-state index is 0.160. The summed E-state index contributed by atoms with van der Waals surface area (Å²) in [4.78, 5) is 2.41. The maximum Gasteiger partial charge on any atom is 0.0541 e. The summed E-state index contributed by atoms with van der Waals surface area (Å²) in [5, 5.41) is 2.55. The molecule has 1 aliphatic heterocycles. The van der Waals surface area contributed by atoms with E-state index in [1.165, 1.54) is 66.8 Å². The van der Waals surface area contributed by atoms with Gasteiger partial charge in [0.25, 0.3) is 0 Å². The molecule has 0 saturated heterocycles. The first-order chi connectivity index (χ1) is 20.1. The van der Waals surface area contributed by atoms with Crippen LogP contribution in [0.25, 0.3) is 38.6 Å². The second-order valence-electron chi connectivity index (χ2n) is 11.5. The molecule has 2 heterocycles. The zero-order chi connectivity index (χ0) is 27.6. The van der Waals surface area contributed by atoms with E-state index in [2.05, 4.69) is 169 Å². The Kier molecular flexibility index (Phi) is 5.20. The van der Waals surface area contributed by atoms with Crippen molar-refractivity contribution in [2.24, 2.45) is 0 Å². The second-order valence-corrected chi connectivity index (χ2v) is 11.5. The molecular formula is C39H30N2. The van der Waals surface area contributed by atoms with Gasteiger partial charge in [-0.3, -0.25) is 0 Å².